The average molecular weight is 258 g/mol. The Morgan fingerprint density at radius 3 is 2.67 bits per heavy atom. The molecule has 0 aliphatic carbocycles. The fourth-order valence-electron chi connectivity index (χ4n) is 2.78. The molecule has 18 heavy (non-hydrogen) atoms. The highest BCUT2D eigenvalue weighted by atomic mass is 16.5. The summed E-state index contributed by atoms with van der Waals surface area (Å²) in [5.41, 5.74) is 0. The Labute approximate surface area is 112 Å². The quantitative estimate of drug-likeness (QED) is 0.667. The number of methoxy groups -OCH3 is 1. The maximum atomic E-state index is 5.51. The fourth-order valence-corrected chi connectivity index (χ4v) is 2.78. The van der Waals surface area contributed by atoms with E-state index in [0.717, 1.165) is 25.5 Å². The van der Waals surface area contributed by atoms with Crippen molar-refractivity contribution in [3.05, 3.63) is 0 Å². The van der Waals surface area contributed by atoms with Crippen molar-refractivity contribution in [1.82, 2.24) is 10.2 Å². The number of piperidine rings is 1. The third-order valence-corrected chi connectivity index (χ3v) is 4.24. The predicted octanol–water partition coefficient (Wildman–Crippen LogP) is 1.36. The van der Waals surface area contributed by atoms with Crippen LogP contribution in [0.4, 0.5) is 0 Å². The summed E-state index contributed by atoms with van der Waals surface area (Å²) in [6, 6.07) is 1.34. The molecule has 0 saturated carbocycles. The van der Waals surface area contributed by atoms with E-state index >= 15 is 0 Å². The summed E-state index contributed by atoms with van der Waals surface area (Å²) in [5, 5.41) is 3.43. The van der Waals surface area contributed by atoms with Gasteiger partial charge in [0.15, 0.2) is 0 Å². The summed E-state index contributed by atoms with van der Waals surface area (Å²) in [4.78, 5) is 2.60. The van der Waals surface area contributed by atoms with Crippen molar-refractivity contribution in [3.8, 4) is 0 Å². The largest absolute Gasteiger partial charge is 0.382 e. The van der Waals surface area contributed by atoms with Crippen molar-refractivity contribution in [2.45, 2.75) is 38.8 Å². The monoisotopic (exact) mass is 258 g/mol. The molecule has 108 valence electrons. The van der Waals surface area contributed by atoms with Gasteiger partial charge < -0.3 is 19.7 Å². The Kier molecular flexibility index (Phi) is 7.82. The van der Waals surface area contributed by atoms with Crippen molar-refractivity contribution in [3.63, 3.8) is 0 Å². The molecule has 1 rings (SSSR count). The van der Waals surface area contributed by atoms with Crippen LogP contribution < -0.4 is 5.32 Å². The van der Waals surface area contributed by atoms with E-state index in [1.54, 1.807) is 7.11 Å². The van der Waals surface area contributed by atoms with Crippen molar-refractivity contribution in [2.24, 2.45) is 5.92 Å². The lowest BCUT2D eigenvalue weighted by atomic mass is 9.87. The van der Waals surface area contributed by atoms with Gasteiger partial charge in [0, 0.05) is 32.3 Å². The minimum Gasteiger partial charge on any atom is -0.382 e. The summed E-state index contributed by atoms with van der Waals surface area (Å²) in [5.74, 6) is 0.721. The van der Waals surface area contributed by atoms with Crippen LogP contribution in [0.1, 0.15) is 26.7 Å². The molecule has 1 fully saturated rings. The highest BCUT2D eigenvalue weighted by molar-refractivity contribution is 4.87. The molecule has 4 nitrogen and oxygen atoms in total. The van der Waals surface area contributed by atoms with E-state index in [-0.39, 0.29) is 0 Å². The summed E-state index contributed by atoms with van der Waals surface area (Å²) >= 11 is 0. The van der Waals surface area contributed by atoms with Crippen LogP contribution in [-0.2, 0) is 9.47 Å². The summed E-state index contributed by atoms with van der Waals surface area (Å²) < 4.78 is 10.5. The molecule has 1 aliphatic rings. The zero-order valence-electron chi connectivity index (χ0n) is 12.4. The zero-order valence-corrected chi connectivity index (χ0v) is 12.4. The molecule has 0 bridgehead atoms. The molecule has 0 aromatic carbocycles. The van der Waals surface area contributed by atoms with Crippen LogP contribution >= 0.6 is 0 Å². The van der Waals surface area contributed by atoms with Crippen molar-refractivity contribution >= 4 is 0 Å². The molecular formula is C14H30N2O2. The van der Waals surface area contributed by atoms with E-state index in [0.29, 0.717) is 25.3 Å². The Hall–Kier alpha value is -0.160. The Bertz CT molecular complexity index is 214. The minimum atomic E-state index is 0.662. The van der Waals surface area contributed by atoms with E-state index in [1.165, 1.54) is 13.0 Å². The van der Waals surface area contributed by atoms with E-state index < -0.39 is 0 Å². The molecule has 4 heteroatoms. The van der Waals surface area contributed by atoms with E-state index in [9.17, 15) is 0 Å². The van der Waals surface area contributed by atoms with Gasteiger partial charge in [-0.1, -0.05) is 6.92 Å². The lowest BCUT2D eigenvalue weighted by molar-refractivity contribution is 0.0498. The molecule has 1 aliphatic heterocycles. The van der Waals surface area contributed by atoms with Gasteiger partial charge in [-0.05, 0) is 39.3 Å². The molecule has 0 spiro atoms. The second kappa shape index (κ2) is 8.86. The fraction of sp³-hybridized carbons (Fsp3) is 1.00. The first-order valence-electron chi connectivity index (χ1n) is 7.18. The number of ether oxygens (including phenoxy) is 2. The molecule has 0 radical (unpaired) electrons. The molecule has 0 aromatic heterocycles. The van der Waals surface area contributed by atoms with Crippen LogP contribution in [0.3, 0.4) is 0 Å². The van der Waals surface area contributed by atoms with Gasteiger partial charge in [-0.3, -0.25) is 0 Å². The van der Waals surface area contributed by atoms with Gasteiger partial charge in [0.1, 0.15) is 0 Å². The van der Waals surface area contributed by atoms with E-state index in [2.05, 4.69) is 31.1 Å². The Balaban J connectivity index is 2.15. The maximum absolute atomic E-state index is 5.51. The van der Waals surface area contributed by atoms with Gasteiger partial charge in [-0.15, -0.1) is 0 Å². The lowest BCUT2D eigenvalue weighted by Crippen LogP contribution is -2.52. The topological polar surface area (TPSA) is 33.7 Å². The molecule has 3 atom stereocenters. The molecular weight excluding hydrogens is 228 g/mol. The minimum absolute atomic E-state index is 0.662. The normalized spacial score (nSPS) is 29.7. The molecule has 0 amide bonds. The number of nitrogens with zero attached hydrogens (tertiary/aromatic N) is 1. The summed E-state index contributed by atoms with van der Waals surface area (Å²) in [6.07, 6.45) is 2.37. The molecule has 1 saturated heterocycles. The van der Waals surface area contributed by atoms with Gasteiger partial charge >= 0.3 is 0 Å². The second-order valence-electron chi connectivity index (χ2n) is 5.28. The number of nitrogens with one attached hydrogen (secondary N) is 1. The smallest absolute Gasteiger partial charge is 0.0700 e. The Morgan fingerprint density at radius 1 is 1.22 bits per heavy atom. The van der Waals surface area contributed by atoms with E-state index in [4.69, 9.17) is 9.47 Å². The van der Waals surface area contributed by atoms with E-state index in [1.807, 2.05) is 0 Å². The van der Waals surface area contributed by atoms with Crippen LogP contribution in [0.25, 0.3) is 0 Å². The van der Waals surface area contributed by atoms with Crippen LogP contribution in [-0.4, -0.2) is 64.1 Å². The molecule has 1 heterocycles. The van der Waals surface area contributed by atoms with Crippen LogP contribution in [0, 0.1) is 5.92 Å². The van der Waals surface area contributed by atoms with Crippen molar-refractivity contribution in [1.29, 1.82) is 0 Å². The summed E-state index contributed by atoms with van der Waals surface area (Å²) in [6.45, 7) is 9.30. The molecule has 3 unspecified atom stereocenters. The zero-order chi connectivity index (χ0) is 13.4. The van der Waals surface area contributed by atoms with Crippen LogP contribution in [0.5, 0.6) is 0 Å². The first-order valence-corrected chi connectivity index (χ1v) is 7.18. The first kappa shape index (κ1) is 15.9. The molecule has 0 aromatic rings. The third-order valence-electron chi connectivity index (χ3n) is 4.24. The van der Waals surface area contributed by atoms with Gasteiger partial charge in [0.05, 0.1) is 13.2 Å². The standard InChI is InChI=1S/C14H30N2O2/c1-12-13(2)16(8-6-14(12)15-3)7-5-9-18-11-10-17-4/h12-15H,5-11H2,1-4H3. The van der Waals surface area contributed by atoms with Crippen LogP contribution in [0.2, 0.25) is 0 Å². The second-order valence-corrected chi connectivity index (χ2v) is 5.28. The predicted molar refractivity (Wildman–Crippen MR) is 75.0 cm³/mol. The summed E-state index contributed by atoms with van der Waals surface area (Å²) in [7, 11) is 3.78. The number of rotatable bonds is 8. The Morgan fingerprint density at radius 2 is 2.00 bits per heavy atom. The molecule has 1 N–H and O–H groups in total. The number of hydrogen-bond donors (Lipinski definition) is 1. The van der Waals surface area contributed by atoms with Crippen molar-refractivity contribution < 1.29 is 9.47 Å². The highest BCUT2D eigenvalue weighted by Crippen LogP contribution is 2.23. The number of hydrogen-bond acceptors (Lipinski definition) is 4. The average Bonchev–Trinajstić information content (AvgIpc) is 2.38. The van der Waals surface area contributed by atoms with Gasteiger partial charge in [-0.25, -0.2) is 0 Å². The van der Waals surface area contributed by atoms with Crippen molar-refractivity contribution in [2.75, 3.05) is 47.1 Å². The SMILES string of the molecule is CNC1CCN(CCCOCCOC)C(C)C1C. The van der Waals surface area contributed by atoms with Crippen LogP contribution in [0.15, 0.2) is 0 Å². The van der Waals surface area contributed by atoms with Gasteiger partial charge in [-0.2, -0.15) is 0 Å². The first-order chi connectivity index (χ1) is 8.70. The third kappa shape index (κ3) is 4.84. The number of likely N-dealkylation sites (tertiary alicyclic amines) is 1. The van der Waals surface area contributed by atoms with Gasteiger partial charge in [0.25, 0.3) is 0 Å². The van der Waals surface area contributed by atoms with Gasteiger partial charge in [0.2, 0.25) is 0 Å². The maximum Gasteiger partial charge on any atom is 0.0700 e. The highest BCUT2D eigenvalue weighted by Gasteiger charge is 2.30. The lowest BCUT2D eigenvalue weighted by Gasteiger charge is -2.42.